The maximum absolute atomic E-state index is 5.19. The maximum atomic E-state index is 5.19. The first kappa shape index (κ1) is 11.5. The second-order valence-electron chi connectivity index (χ2n) is 3.91. The number of nitrogens with one attached hydrogen (secondary N) is 1. The van der Waals surface area contributed by atoms with Crippen LogP contribution in [-0.2, 0) is 6.42 Å². The van der Waals surface area contributed by atoms with Crippen LogP contribution in [0, 0.1) is 0 Å². The Morgan fingerprint density at radius 1 is 1.00 bits per heavy atom. The fraction of sp³-hybridized carbons (Fsp3) is 0.200. The quantitative estimate of drug-likeness (QED) is 0.852. The highest BCUT2D eigenvalue weighted by Crippen LogP contribution is 2.21. The molecule has 17 heavy (non-hydrogen) atoms. The number of rotatable bonds is 4. The summed E-state index contributed by atoms with van der Waals surface area (Å²) in [5, 5.41) is 3.35. The number of methoxy groups -OCH3 is 1. The van der Waals surface area contributed by atoms with Gasteiger partial charge in [-0.05, 0) is 36.2 Å². The molecule has 88 valence electrons. The van der Waals surface area contributed by atoms with Crippen molar-refractivity contribution >= 4 is 11.4 Å². The molecule has 2 aromatic rings. The second kappa shape index (κ2) is 5.39. The van der Waals surface area contributed by atoms with Crippen LogP contribution in [0.5, 0.6) is 5.75 Å². The van der Waals surface area contributed by atoms with E-state index >= 15 is 0 Å². The van der Waals surface area contributed by atoms with Gasteiger partial charge in [0.25, 0.3) is 0 Å². The molecule has 0 radical (unpaired) electrons. The van der Waals surface area contributed by atoms with Crippen molar-refractivity contribution in [3.63, 3.8) is 0 Å². The maximum Gasteiger partial charge on any atom is 0.120 e. The van der Waals surface area contributed by atoms with E-state index in [-0.39, 0.29) is 0 Å². The highest BCUT2D eigenvalue weighted by molar-refractivity contribution is 5.61. The van der Waals surface area contributed by atoms with Crippen molar-refractivity contribution in [1.29, 1.82) is 0 Å². The smallest absolute Gasteiger partial charge is 0.120 e. The molecule has 0 saturated carbocycles. The summed E-state index contributed by atoms with van der Waals surface area (Å²) >= 11 is 0. The lowest BCUT2D eigenvalue weighted by atomic mass is 10.1. The van der Waals surface area contributed by atoms with Crippen LogP contribution in [0.15, 0.2) is 48.5 Å². The lowest BCUT2D eigenvalue weighted by Crippen LogP contribution is -1.91. The Hall–Kier alpha value is -1.96. The topological polar surface area (TPSA) is 21.3 Å². The van der Waals surface area contributed by atoms with E-state index in [9.17, 15) is 0 Å². The van der Waals surface area contributed by atoms with Crippen molar-refractivity contribution in [1.82, 2.24) is 0 Å². The van der Waals surface area contributed by atoms with Crippen LogP contribution in [0.1, 0.15) is 12.5 Å². The zero-order valence-corrected chi connectivity index (χ0v) is 10.2. The molecule has 0 aliphatic heterocycles. The average molecular weight is 227 g/mol. The minimum atomic E-state index is 0.861. The largest absolute Gasteiger partial charge is 0.497 e. The van der Waals surface area contributed by atoms with Gasteiger partial charge in [-0.25, -0.2) is 0 Å². The molecule has 2 rings (SSSR count). The first-order chi connectivity index (χ1) is 8.31. The molecule has 2 heteroatoms. The predicted octanol–water partition coefficient (Wildman–Crippen LogP) is 4.00. The van der Waals surface area contributed by atoms with E-state index in [4.69, 9.17) is 4.74 Å². The summed E-state index contributed by atoms with van der Waals surface area (Å²) in [6.07, 6.45) is 1.07. The Morgan fingerprint density at radius 2 is 1.76 bits per heavy atom. The van der Waals surface area contributed by atoms with E-state index in [2.05, 4.69) is 36.5 Å². The van der Waals surface area contributed by atoms with Gasteiger partial charge in [-0.15, -0.1) is 0 Å². The van der Waals surface area contributed by atoms with Gasteiger partial charge in [0.15, 0.2) is 0 Å². The molecule has 0 bridgehead atoms. The molecule has 0 heterocycles. The van der Waals surface area contributed by atoms with Crippen LogP contribution in [0.2, 0.25) is 0 Å². The standard InChI is InChI=1S/C15H17NO/c1-3-12-7-9-13(10-8-12)16-14-5-4-6-15(11-14)17-2/h4-11,16H,3H2,1-2H3. The third-order valence-electron chi connectivity index (χ3n) is 2.72. The van der Waals surface area contributed by atoms with Crippen molar-refractivity contribution in [3.8, 4) is 5.75 Å². The molecular formula is C15H17NO. The van der Waals surface area contributed by atoms with E-state index in [1.807, 2.05) is 24.3 Å². The molecule has 0 aliphatic carbocycles. The number of aryl methyl sites for hydroxylation is 1. The molecule has 0 aromatic heterocycles. The van der Waals surface area contributed by atoms with Crippen molar-refractivity contribution in [2.45, 2.75) is 13.3 Å². The second-order valence-corrected chi connectivity index (χ2v) is 3.91. The Morgan fingerprint density at radius 3 is 2.41 bits per heavy atom. The van der Waals surface area contributed by atoms with E-state index in [0.717, 1.165) is 23.5 Å². The zero-order chi connectivity index (χ0) is 12.1. The number of anilines is 2. The molecule has 0 aliphatic rings. The Balaban J connectivity index is 2.13. The van der Waals surface area contributed by atoms with Crippen LogP contribution < -0.4 is 10.1 Å². The first-order valence-corrected chi connectivity index (χ1v) is 5.82. The van der Waals surface area contributed by atoms with Crippen LogP contribution >= 0.6 is 0 Å². The molecule has 0 fully saturated rings. The molecule has 2 aromatic carbocycles. The molecule has 1 N–H and O–H groups in total. The van der Waals surface area contributed by atoms with E-state index in [1.165, 1.54) is 5.56 Å². The first-order valence-electron chi connectivity index (χ1n) is 5.82. The number of benzene rings is 2. The fourth-order valence-electron chi connectivity index (χ4n) is 1.69. The van der Waals surface area contributed by atoms with Gasteiger partial charge in [0.1, 0.15) is 5.75 Å². The molecule has 0 unspecified atom stereocenters. The molecule has 0 spiro atoms. The molecule has 0 atom stereocenters. The lowest BCUT2D eigenvalue weighted by Gasteiger charge is -2.08. The van der Waals surface area contributed by atoms with Crippen LogP contribution in [0.3, 0.4) is 0 Å². The Labute approximate surface area is 102 Å². The Bertz CT molecular complexity index is 477. The van der Waals surface area contributed by atoms with Crippen LogP contribution in [0.4, 0.5) is 11.4 Å². The van der Waals surface area contributed by atoms with Crippen LogP contribution in [-0.4, -0.2) is 7.11 Å². The van der Waals surface area contributed by atoms with Gasteiger partial charge in [-0.3, -0.25) is 0 Å². The van der Waals surface area contributed by atoms with Gasteiger partial charge in [0.05, 0.1) is 7.11 Å². The fourth-order valence-corrected chi connectivity index (χ4v) is 1.69. The van der Waals surface area contributed by atoms with Gasteiger partial charge >= 0.3 is 0 Å². The van der Waals surface area contributed by atoms with Crippen molar-refractivity contribution < 1.29 is 4.74 Å². The van der Waals surface area contributed by atoms with Gasteiger partial charge in [0.2, 0.25) is 0 Å². The molecule has 0 amide bonds. The monoisotopic (exact) mass is 227 g/mol. The van der Waals surface area contributed by atoms with Crippen molar-refractivity contribution in [2.24, 2.45) is 0 Å². The normalized spacial score (nSPS) is 10.0. The van der Waals surface area contributed by atoms with E-state index in [0.29, 0.717) is 0 Å². The van der Waals surface area contributed by atoms with Crippen molar-refractivity contribution in [3.05, 3.63) is 54.1 Å². The summed E-state index contributed by atoms with van der Waals surface area (Å²) in [4.78, 5) is 0. The lowest BCUT2D eigenvalue weighted by molar-refractivity contribution is 0.415. The number of hydrogen-bond acceptors (Lipinski definition) is 2. The van der Waals surface area contributed by atoms with E-state index < -0.39 is 0 Å². The van der Waals surface area contributed by atoms with Gasteiger partial charge in [0, 0.05) is 17.4 Å². The van der Waals surface area contributed by atoms with Crippen LogP contribution in [0.25, 0.3) is 0 Å². The highest BCUT2D eigenvalue weighted by Gasteiger charge is 1.97. The van der Waals surface area contributed by atoms with Gasteiger partial charge in [-0.2, -0.15) is 0 Å². The summed E-state index contributed by atoms with van der Waals surface area (Å²) in [5.41, 5.74) is 3.48. The van der Waals surface area contributed by atoms with Gasteiger partial charge < -0.3 is 10.1 Å². The molecular weight excluding hydrogens is 210 g/mol. The Kier molecular flexibility index (Phi) is 3.66. The summed E-state index contributed by atoms with van der Waals surface area (Å²) in [7, 11) is 1.68. The SMILES string of the molecule is CCc1ccc(Nc2cccc(OC)c2)cc1. The van der Waals surface area contributed by atoms with Gasteiger partial charge in [-0.1, -0.05) is 25.1 Å². The summed E-state index contributed by atoms with van der Waals surface area (Å²) in [6.45, 7) is 2.16. The third kappa shape index (κ3) is 3.00. The van der Waals surface area contributed by atoms with Crippen molar-refractivity contribution in [2.75, 3.05) is 12.4 Å². The minimum absolute atomic E-state index is 0.861. The number of hydrogen-bond donors (Lipinski definition) is 1. The molecule has 2 nitrogen and oxygen atoms in total. The summed E-state index contributed by atoms with van der Waals surface area (Å²) < 4.78 is 5.19. The summed E-state index contributed by atoms with van der Waals surface area (Å²) in [5.74, 6) is 0.861. The minimum Gasteiger partial charge on any atom is -0.497 e. The average Bonchev–Trinajstić information content (AvgIpc) is 2.40. The highest BCUT2D eigenvalue weighted by atomic mass is 16.5. The number of ether oxygens (including phenoxy) is 1. The predicted molar refractivity (Wildman–Crippen MR) is 72.1 cm³/mol. The third-order valence-corrected chi connectivity index (χ3v) is 2.72. The van der Waals surface area contributed by atoms with E-state index in [1.54, 1.807) is 7.11 Å². The molecule has 0 saturated heterocycles. The summed E-state index contributed by atoms with van der Waals surface area (Å²) in [6, 6.07) is 16.4. The zero-order valence-electron chi connectivity index (χ0n) is 10.2.